The lowest BCUT2D eigenvalue weighted by Crippen LogP contribution is -1.98. The molecule has 0 aliphatic rings. The first-order valence-electron chi connectivity index (χ1n) is 3.11. The molecule has 1 nitrogen and oxygen atoms in total. The van der Waals surface area contributed by atoms with Gasteiger partial charge in [-0.2, -0.15) is 0 Å². The standard InChI is InChI=1S/C7H12OS3/c1-3-5-9-10-6-4-7-11(2)8/h3-4,6H,1,5,7H2,2H3/b6-4-. The van der Waals surface area contributed by atoms with Crippen molar-refractivity contribution in [3.63, 3.8) is 0 Å². The van der Waals surface area contributed by atoms with Crippen LogP contribution in [0.5, 0.6) is 0 Å². The van der Waals surface area contributed by atoms with Crippen molar-refractivity contribution in [3.05, 3.63) is 24.1 Å². The molecule has 1 unspecified atom stereocenters. The number of hydrogen-bond donors (Lipinski definition) is 0. The smallest absolute Gasteiger partial charge is 0.124 e. The summed E-state index contributed by atoms with van der Waals surface area (Å²) < 4.78 is 10.6. The van der Waals surface area contributed by atoms with E-state index < -0.39 is 11.2 Å². The van der Waals surface area contributed by atoms with Gasteiger partial charge in [0.05, 0.1) is 6.26 Å². The van der Waals surface area contributed by atoms with Gasteiger partial charge < -0.3 is 4.55 Å². The molecule has 0 amide bonds. The maximum absolute atomic E-state index is 10.6. The van der Waals surface area contributed by atoms with E-state index in [9.17, 15) is 4.55 Å². The average Bonchev–Trinajstić information content (AvgIpc) is 1.96. The lowest BCUT2D eigenvalue weighted by Gasteiger charge is -1.98. The molecule has 0 heterocycles. The molecule has 0 radical (unpaired) electrons. The topological polar surface area (TPSA) is 23.1 Å². The second-order valence-electron chi connectivity index (χ2n) is 1.78. The maximum atomic E-state index is 10.6. The lowest BCUT2D eigenvalue weighted by molar-refractivity contribution is 0.603. The van der Waals surface area contributed by atoms with Crippen LogP contribution in [-0.4, -0.2) is 22.3 Å². The molecule has 0 saturated carbocycles. The molecular formula is C7H12OS3. The first-order valence-corrected chi connectivity index (χ1v) is 7.22. The van der Waals surface area contributed by atoms with E-state index in [1.807, 2.05) is 17.6 Å². The minimum atomic E-state index is -0.702. The molecule has 0 fully saturated rings. The molecule has 11 heavy (non-hydrogen) atoms. The van der Waals surface area contributed by atoms with Gasteiger partial charge >= 0.3 is 0 Å². The van der Waals surface area contributed by atoms with Crippen LogP contribution in [0.25, 0.3) is 0 Å². The molecule has 1 atom stereocenters. The molecule has 0 aromatic carbocycles. The number of hydrogen-bond acceptors (Lipinski definition) is 3. The quantitative estimate of drug-likeness (QED) is 0.290. The van der Waals surface area contributed by atoms with E-state index in [1.54, 1.807) is 27.8 Å². The van der Waals surface area contributed by atoms with Crippen LogP contribution in [0.4, 0.5) is 0 Å². The van der Waals surface area contributed by atoms with Gasteiger partial charge in [-0.3, -0.25) is 0 Å². The summed E-state index contributed by atoms with van der Waals surface area (Å²) in [6.07, 6.45) is 5.49. The van der Waals surface area contributed by atoms with Gasteiger partial charge in [-0.05, 0) is 11.5 Å². The van der Waals surface area contributed by atoms with E-state index in [4.69, 9.17) is 0 Å². The van der Waals surface area contributed by atoms with Crippen LogP contribution in [-0.2, 0) is 11.2 Å². The van der Waals surface area contributed by atoms with Crippen LogP contribution in [0.2, 0.25) is 0 Å². The molecule has 0 spiro atoms. The van der Waals surface area contributed by atoms with Gasteiger partial charge in [0, 0.05) is 5.75 Å². The summed E-state index contributed by atoms with van der Waals surface area (Å²) in [6, 6.07) is 0. The molecule has 0 N–H and O–H groups in total. The van der Waals surface area contributed by atoms with Crippen molar-refractivity contribution in [2.24, 2.45) is 0 Å². The van der Waals surface area contributed by atoms with Crippen molar-refractivity contribution in [1.82, 2.24) is 0 Å². The minimum absolute atomic E-state index is 0.654. The third-order valence-electron chi connectivity index (χ3n) is 0.737. The first kappa shape index (κ1) is 11.5. The van der Waals surface area contributed by atoms with E-state index in [1.165, 1.54) is 0 Å². The molecular weight excluding hydrogens is 196 g/mol. The van der Waals surface area contributed by atoms with Crippen LogP contribution in [0.1, 0.15) is 0 Å². The Morgan fingerprint density at radius 2 is 2.36 bits per heavy atom. The maximum Gasteiger partial charge on any atom is 0.124 e. The van der Waals surface area contributed by atoms with E-state index >= 15 is 0 Å². The zero-order valence-corrected chi connectivity index (χ0v) is 8.94. The van der Waals surface area contributed by atoms with Crippen LogP contribution in [0, 0.1) is 0 Å². The lowest BCUT2D eigenvalue weighted by atomic mass is 10.8. The van der Waals surface area contributed by atoms with E-state index in [0.29, 0.717) is 5.75 Å². The Kier molecular flexibility index (Phi) is 8.97. The fraction of sp³-hybridized carbons (Fsp3) is 0.429. The molecule has 0 aromatic heterocycles. The largest absolute Gasteiger partial charge is 0.616 e. The van der Waals surface area contributed by atoms with Crippen molar-refractivity contribution in [3.8, 4) is 0 Å². The van der Waals surface area contributed by atoms with Crippen molar-refractivity contribution in [1.29, 1.82) is 0 Å². The Bertz CT molecular complexity index is 123. The monoisotopic (exact) mass is 208 g/mol. The van der Waals surface area contributed by atoms with Crippen LogP contribution >= 0.6 is 21.6 Å². The second-order valence-corrected chi connectivity index (χ2v) is 5.58. The fourth-order valence-corrected chi connectivity index (χ4v) is 2.25. The molecule has 64 valence electrons. The number of rotatable bonds is 6. The van der Waals surface area contributed by atoms with Crippen LogP contribution in [0.3, 0.4) is 0 Å². The fourth-order valence-electron chi connectivity index (χ4n) is 0.341. The van der Waals surface area contributed by atoms with Crippen LogP contribution < -0.4 is 0 Å². The highest BCUT2D eigenvalue weighted by Gasteiger charge is 1.88. The van der Waals surface area contributed by atoms with Crippen molar-refractivity contribution in [2.75, 3.05) is 17.8 Å². The van der Waals surface area contributed by atoms with Gasteiger partial charge in [-0.15, -0.1) is 6.58 Å². The van der Waals surface area contributed by atoms with Gasteiger partial charge in [-0.1, -0.05) is 38.8 Å². The normalized spacial score (nSPS) is 13.6. The highest BCUT2D eigenvalue weighted by atomic mass is 33.1. The van der Waals surface area contributed by atoms with Crippen molar-refractivity contribution < 1.29 is 4.55 Å². The predicted octanol–water partition coefficient (Wildman–Crippen LogP) is 2.45. The molecule has 0 bridgehead atoms. The summed E-state index contributed by atoms with van der Waals surface area (Å²) in [6.45, 7) is 3.60. The zero-order valence-electron chi connectivity index (χ0n) is 6.49. The van der Waals surface area contributed by atoms with E-state index in [-0.39, 0.29) is 0 Å². The summed E-state index contributed by atoms with van der Waals surface area (Å²) in [5.74, 6) is 1.60. The van der Waals surface area contributed by atoms with Crippen molar-refractivity contribution in [2.45, 2.75) is 0 Å². The third kappa shape index (κ3) is 10.5. The Balaban J connectivity index is 3.09. The summed E-state index contributed by atoms with van der Waals surface area (Å²) in [5, 5.41) is 1.97. The molecule has 0 saturated heterocycles. The summed E-state index contributed by atoms with van der Waals surface area (Å²) in [7, 11) is 3.37. The molecule has 0 aliphatic heterocycles. The SMILES string of the molecule is C=CCSS/C=C\C[S+](C)[O-]. The Morgan fingerprint density at radius 1 is 1.64 bits per heavy atom. The average molecular weight is 208 g/mol. The van der Waals surface area contributed by atoms with Crippen molar-refractivity contribution >= 4 is 32.8 Å². The van der Waals surface area contributed by atoms with Gasteiger partial charge in [-0.25, -0.2) is 0 Å². The summed E-state index contributed by atoms with van der Waals surface area (Å²) in [5.41, 5.74) is 0. The molecule has 0 aliphatic carbocycles. The highest BCUT2D eigenvalue weighted by Crippen LogP contribution is 2.21. The second kappa shape index (κ2) is 8.59. The Morgan fingerprint density at radius 3 is 2.91 bits per heavy atom. The molecule has 0 rings (SSSR count). The van der Waals surface area contributed by atoms with Gasteiger partial charge in [0.25, 0.3) is 0 Å². The Labute approximate surface area is 79.3 Å². The van der Waals surface area contributed by atoms with E-state index in [2.05, 4.69) is 6.58 Å². The van der Waals surface area contributed by atoms with Crippen LogP contribution in [0.15, 0.2) is 24.1 Å². The van der Waals surface area contributed by atoms with Gasteiger partial charge in [0.15, 0.2) is 0 Å². The zero-order chi connectivity index (χ0) is 8.53. The molecule has 4 heteroatoms. The predicted molar refractivity (Wildman–Crippen MR) is 58.3 cm³/mol. The van der Waals surface area contributed by atoms with E-state index in [0.717, 1.165) is 5.75 Å². The highest BCUT2D eigenvalue weighted by molar-refractivity contribution is 8.77. The third-order valence-corrected chi connectivity index (χ3v) is 3.36. The Hall–Kier alpha value is 0.490. The van der Waals surface area contributed by atoms with Gasteiger partial charge in [0.1, 0.15) is 5.75 Å². The first-order chi connectivity index (χ1) is 5.27. The summed E-state index contributed by atoms with van der Waals surface area (Å²) in [4.78, 5) is 0. The minimum Gasteiger partial charge on any atom is -0.616 e. The summed E-state index contributed by atoms with van der Waals surface area (Å²) >= 11 is -0.702. The van der Waals surface area contributed by atoms with Gasteiger partial charge in [0.2, 0.25) is 0 Å². The molecule has 0 aromatic rings.